The van der Waals surface area contributed by atoms with Gasteiger partial charge in [0.25, 0.3) is 0 Å². The number of benzene rings is 1. The molecule has 25 heavy (non-hydrogen) atoms. The number of rotatable bonds is 5. The molecule has 3 aromatic rings. The largest absolute Gasteiger partial charge is 0.497 e. The quantitative estimate of drug-likeness (QED) is 0.652. The normalized spacial score (nSPS) is 12.8. The fourth-order valence-corrected chi connectivity index (χ4v) is 3.39. The number of hydrogen-bond donors (Lipinski definition) is 0. The summed E-state index contributed by atoms with van der Waals surface area (Å²) in [5, 5.41) is 4.72. The van der Waals surface area contributed by atoms with Gasteiger partial charge >= 0.3 is 0 Å². The van der Waals surface area contributed by atoms with E-state index in [2.05, 4.69) is 33.0 Å². The van der Waals surface area contributed by atoms with Crippen molar-refractivity contribution >= 4 is 22.0 Å². The summed E-state index contributed by atoms with van der Waals surface area (Å²) in [4.78, 5) is 11.5. The SMILES string of the molecule is CCCCN1Cn2nc(-c3ccc(OC)cc3)nc2-c2c1ncn2Br. The number of nitrogens with zero attached hydrogens (tertiary/aromatic N) is 6. The van der Waals surface area contributed by atoms with Crippen molar-refractivity contribution in [2.24, 2.45) is 0 Å². The highest BCUT2D eigenvalue weighted by atomic mass is 79.9. The van der Waals surface area contributed by atoms with Gasteiger partial charge in [0.1, 0.15) is 24.4 Å². The van der Waals surface area contributed by atoms with Gasteiger partial charge in [0.15, 0.2) is 17.5 Å². The molecule has 1 aliphatic heterocycles. The van der Waals surface area contributed by atoms with Crippen LogP contribution < -0.4 is 9.64 Å². The Morgan fingerprint density at radius 3 is 2.76 bits per heavy atom. The van der Waals surface area contributed by atoms with E-state index in [4.69, 9.17) is 14.8 Å². The second-order valence-corrected chi connectivity index (χ2v) is 6.74. The summed E-state index contributed by atoms with van der Waals surface area (Å²) < 4.78 is 8.99. The second-order valence-electron chi connectivity index (χ2n) is 5.97. The summed E-state index contributed by atoms with van der Waals surface area (Å²) in [6, 6.07) is 7.79. The lowest BCUT2D eigenvalue weighted by molar-refractivity contribution is 0.415. The first-order valence-electron chi connectivity index (χ1n) is 8.29. The monoisotopic (exact) mass is 402 g/mol. The van der Waals surface area contributed by atoms with E-state index < -0.39 is 0 Å². The van der Waals surface area contributed by atoms with Gasteiger partial charge in [-0.3, -0.25) is 3.59 Å². The van der Waals surface area contributed by atoms with Crippen LogP contribution in [0.3, 0.4) is 0 Å². The number of imidazole rings is 1. The molecule has 0 spiro atoms. The third kappa shape index (κ3) is 2.80. The average Bonchev–Trinajstić information content (AvgIpc) is 3.23. The van der Waals surface area contributed by atoms with E-state index in [1.54, 1.807) is 13.4 Å². The van der Waals surface area contributed by atoms with E-state index in [9.17, 15) is 0 Å². The minimum Gasteiger partial charge on any atom is -0.497 e. The van der Waals surface area contributed by atoms with Gasteiger partial charge in [-0.25, -0.2) is 14.6 Å². The van der Waals surface area contributed by atoms with Crippen LogP contribution in [0.2, 0.25) is 0 Å². The highest BCUT2D eigenvalue weighted by Crippen LogP contribution is 2.36. The van der Waals surface area contributed by atoms with Gasteiger partial charge in [0.2, 0.25) is 0 Å². The first kappa shape index (κ1) is 16.1. The number of halogens is 1. The third-order valence-electron chi connectivity index (χ3n) is 4.32. The van der Waals surface area contributed by atoms with Crippen LogP contribution in [0.15, 0.2) is 30.6 Å². The van der Waals surface area contributed by atoms with Crippen LogP contribution in [0, 0.1) is 0 Å². The van der Waals surface area contributed by atoms with Crippen LogP contribution in [0.25, 0.3) is 22.9 Å². The van der Waals surface area contributed by atoms with Gasteiger partial charge in [-0.15, -0.1) is 5.10 Å². The van der Waals surface area contributed by atoms with Crippen molar-refractivity contribution in [3.8, 4) is 28.7 Å². The number of aromatic nitrogens is 5. The molecule has 0 saturated carbocycles. The molecule has 2 aromatic heterocycles. The molecule has 0 saturated heterocycles. The van der Waals surface area contributed by atoms with Crippen LogP contribution in [0.4, 0.5) is 5.82 Å². The molecule has 0 bridgehead atoms. The Kier molecular flexibility index (Phi) is 4.20. The number of methoxy groups -OCH3 is 1. The minimum atomic E-state index is 0.662. The van der Waals surface area contributed by atoms with Crippen LogP contribution >= 0.6 is 16.1 Å². The van der Waals surface area contributed by atoms with Gasteiger partial charge in [0.05, 0.1) is 23.3 Å². The van der Waals surface area contributed by atoms with Crippen LogP contribution in [-0.2, 0) is 6.67 Å². The van der Waals surface area contributed by atoms with Gasteiger partial charge < -0.3 is 9.64 Å². The van der Waals surface area contributed by atoms with Gasteiger partial charge in [-0.05, 0) is 30.7 Å². The smallest absolute Gasteiger partial charge is 0.181 e. The van der Waals surface area contributed by atoms with Crippen LogP contribution in [0.5, 0.6) is 5.75 Å². The average molecular weight is 403 g/mol. The summed E-state index contributed by atoms with van der Waals surface area (Å²) in [5.41, 5.74) is 1.90. The molecular formula is C17H19BrN6O. The Labute approximate surface area is 154 Å². The van der Waals surface area contributed by atoms with Crippen molar-refractivity contribution in [3.63, 3.8) is 0 Å². The predicted molar refractivity (Wildman–Crippen MR) is 99.8 cm³/mol. The first-order chi connectivity index (χ1) is 12.2. The molecule has 0 atom stereocenters. The Morgan fingerprint density at radius 2 is 2.04 bits per heavy atom. The van der Waals surface area contributed by atoms with Crippen LogP contribution in [0.1, 0.15) is 19.8 Å². The van der Waals surface area contributed by atoms with Crippen molar-refractivity contribution in [2.75, 3.05) is 18.6 Å². The molecule has 0 amide bonds. The molecule has 1 aliphatic rings. The highest BCUT2D eigenvalue weighted by Gasteiger charge is 2.29. The third-order valence-corrected chi connectivity index (χ3v) is 4.86. The molecule has 0 N–H and O–H groups in total. The standard InChI is InChI=1S/C17H19BrN6O/c1-3-4-9-22-11-24-17(14-16(22)19-10-23(14)18)20-15(21-24)12-5-7-13(25-2)8-6-12/h5-8,10H,3-4,9,11H2,1-2H3. The number of unbranched alkanes of at least 4 members (excludes halogenated alkanes) is 1. The Bertz CT molecular complexity index is 885. The molecular weight excluding hydrogens is 384 g/mol. The summed E-state index contributed by atoms with van der Waals surface area (Å²) in [5.74, 6) is 3.29. The summed E-state index contributed by atoms with van der Waals surface area (Å²) >= 11 is 3.53. The molecule has 0 fully saturated rings. The van der Waals surface area contributed by atoms with Crippen molar-refractivity contribution in [2.45, 2.75) is 26.4 Å². The summed E-state index contributed by atoms with van der Waals surface area (Å²) in [6.45, 7) is 3.80. The summed E-state index contributed by atoms with van der Waals surface area (Å²) in [7, 11) is 1.66. The molecule has 7 nitrogen and oxygen atoms in total. The highest BCUT2D eigenvalue weighted by molar-refractivity contribution is 9.08. The van der Waals surface area contributed by atoms with Gasteiger partial charge in [-0.2, -0.15) is 0 Å². The van der Waals surface area contributed by atoms with Gasteiger partial charge in [0, 0.05) is 12.1 Å². The van der Waals surface area contributed by atoms with E-state index in [0.29, 0.717) is 12.5 Å². The fourth-order valence-electron chi connectivity index (χ4n) is 2.98. The topological polar surface area (TPSA) is 61.0 Å². The number of fused-ring (bicyclic) bond motifs is 3. The molecule has 130 valence electrons. The van der Waals surface area contributed by atoms with E-state index in [1.807, 2.05) is 32.5 Å². The lowest BCUT2D eigenvalue weighted by Crippen LogP contribution is -2.32. The maximum atomic E-state index is 5.22. The Morgan fingerprint density at radius 1 is 1.24 bits per heavy atom. The van der Waals surface area contributed by atoms with Crippen molar-refractivity contribution < 1.29 is 4.74 Å². The lowest BCUT2D eigenvalue weighted by atomic mass is 10.2. The zero-order valence-electron chi connectivity index (χ0n) is 14.2. The zero-order chi connectivity index (χ0) is 17.4. The molecule has 0 unspecified atom stereocenters. The molecule has 0 aliphatic carbocycles. The maximum Gasteiger partial charge on any atom is 0.181 e. The van der Waals surface area contributed by atoms with E-state index in [-0.39, 0.29) is 0 Å². The first-order valence-corrected chi connectivity index (χ1v) is 9.00. The Balaban J connectivity index is 1.74. The Hall–Kier alpha value is -2.35. The van der Waals surface area contributed by atoms with Crippen LogP contribution in [-0.4, -0.2) is 37.0 Å². The molecule has 8 heteroatoms. The number of anilines is 1. The fraction of sp³-hybridized carbons (Fsp3) is 0.353. The number of ether oxygens (including phenoxy) is 1. The van der Waals surface area contributed by atoms with E-state index in [1.165, 1.54) is 0 Å². The molecule has 4 rings (SSSR count). The van der Waals surface area contributed by atoms with Crippen molar-refractivity contribution in [1.82, 2.24) is 23.3 Å². The number of hydrogen-bond acceptors (Lipinski definition) is 5. The minimum absolute atomic E-state index is 0.662. The second kappa shape index (κ2) is 6.51. The van der Waals surface area contributed by atoms with Crippen molar-refractivity contribution in [3.05, 3.63) is 30.6 Å². The van der Waals surface area contributed by atoms with Gasteiger partial charge in [-0.1, -0.05) is 13.3 Å². The molecule has 0 radical (unpaired) electrons. The zero-order valence-corrected chi connectivity index (χ0v) is 15.8. The molecule has 3 heterocycles. The lowest BCUT2D eigenvalue weighted by Gasteiger charge is -2.27. The predicted octanol–water partition coefficient (Wildman–Crippen LogP) is 3.55. The van der Waals surface area contributed by atoms with E-state index >= 15 is 0 Å². The van der Waals surface area contributed by atoms with E-state index in [0.717, 1.165) is 48.0 Å². The summed E-state index contributed by atoms with van der Waals surface area (Å²) in [6.07, 6.45) is 4.02. The van der Waals surface area contributed by atoms with Crippen molar-refractivity contribution in [1.29, 1.82) is 0 Å². The molecule has 1 aromatic carbocycles. The maximum absolute atomic E-state index is 5.22.